The molecule has 154 valence electrons. The van der Waals surface area contributed by atoms with Crippen LogP contribution in [0.5, 0.6) is 5.88 Å². The Kier molecular flexibility index (Phi) is 7.21. The van der Waals surface area contributed by atoms with Crippen LogP contribution in [-0.2, 0) is 27.4 Å². The summed E-state index contributed by atoms with van der Waals surface area (Å²) in [5.74, 6) is -2.35. The van der Waals surface area contributed by atoms with Gasteiger partial charge in [0.15, 0.2) is 6.79 Å². The number of nitrogens with zero attached hydrogens (tertiary/aromatic N) is 3. The van der Waals surface area contributed by atoms with Gasteiger partial charge in [-0.1, -0.05) is 0 Å². The molecule has 0 saturated heterocycles. The predicted octanol–water partition coefficient (Wildman–Crippen LogP) is 0.836. The Hall–Kier alpha value is -3.53. The molecule has 2 rings (SSSR count). The molecule has 0 atom stereocenters. The number of rotatable bonds is 8. The van der Waals surface area contributed by atoms with E-state index in [-0.39, 0.29) is 31.0 Å². The first kappa shape index (κ1) is 21.8. The number of aromatic hydroxyl groups is 1. The number of Topliss-reactive ketones (excluding diaryl/α,β-unsaturated/α-hetero) is 1. The lowest BCUT2D eigenvalue weighted by Gasteiger charge is -2.11. The van der Waals surface area contributed by atoms with Gasteiger partial charge in [-0.2, -0.15) is 0 Å². The van der Waals surface area contributed by atoms with Crippen LogP contribution in [0.3, 0.4) is 0 Å². The molecular weight excluding hydrogens is 382 g/mol. The topological polar surface area (TPSA) is 129 Å². The number of aliphatic imine (C=N–C) groups is 1. The molecule has 1 heterocycles. The molecular formula is C19H21N3O7. The van der Waals surface area contributed by atoms with Gasteiger partial charge >= 0.3 is 11.7 Å². The monoisotopic (exact) mass is 403 g/mol. The molecule has 0 bridgehead atoms. The van der Waals surface area contributed by atoms with Crippen molar-refractivity contribution in [2.24, 2.45) is 4.99 Å². The third kappa shape index (κ3) is 4.66. The molecule has 0 spiro atoms. The minimum atomic E-state index is -1.05. The highest BCUT2D eigenvalue weighted by Gasteiger charge is 2.18. The summed E-state index contributed by atoms with van der Waals surface area (Å²) in [5, 5.41) is 10.2. The zero-order valence-electron chi connectivity index (χ0n) is 16.2. The lowest BCUT2D eigenvalue weighted by atomic mass is 10.1. The minimum Gasteiger partial charge on any atom is -0.494 e. The summed E-state index contributed by atoms with van der Waals surface area (Å²) in [7, 11) is 1.32. The van der Waals surface area contributed by atoms with Crippen LogP contribution < -0.4 is 11.2 Å². The largest absolute Gasteiger partial charge is 0.494 e. The molecule has 0 unspecified atom stereocenters. The SMILES string of the molecule is CCn1c(O)c(C=Nc2ccc(C(=O)C(=O)OCOC)cc2)c(=O)n(CC)c1=O. The van der Waals surface area contributed by atoms with Gasteiger partial charge in [0.25, 0.3) is 11.3 Å². The highest BCUT2D eigenvalue weighted by atomic mass is 16.7. The molecule has 0 radical (unpaired) electrons. The second kappa shape index (κ2) is 9.60. The van der Waals surface area contributed by atoms with Gasteiger partial charge in [-0.05, 0) is 38.1 Å². The van der Waals surface area contributed by atoms with Gasteiger partial charge in [0.2, 0.25) is 5.88 Å². The van der Waals surface area contributed by atoms with Crippen LogP contribution in [0.2, 0.25) is 0 Å². The van der Waals surface area contributed by atoms with E-state index in [0.29, 0.717) is 5.69 Å². The number of esters is 1. The van der Waals surface area contributed by atoms with Crippen molar-refractivity contribution in [3.05, 3.63) is 56.2 Å². The summed E-state index contributed by atoms with van der Waals surface area (Å²) in [6.45, 7) is 3.32. The van der Waals surface area contributed by atoms with Crippen molar-refractivity contribution < 1.29 is 24.2 Å². The lowest BCUT2D eigenvalue weighted by molar-refractivity contribution is -0.148. The number of carbonyl (C=O) groups is 2. The molecule has 1 N–H and O–H groups in total. The highest BCUT2D eigenvalue weighted by molar-refractivity contribution is 6.40. The second-order valence-corrected chi connectivity index (χ2v) is 5.79. The molecule has 0 fully saturated rings. The first-order valence-corrected chi connectivity index (χ1v) is 8.76. The normalized spacial score (nSPS) is 11.0. The average molecular weight is 403 g/mol. The van der Waals surface area contributed by atoms with Crippen molar-refractivity contribution in [1.82, 2.24) is 9.13 Å². The smallest absolute Gasteiger partial charge is 0.381 e. The van der Waals surface area contributed by atoms with E-state index in [1.54, 1.807) is 13.8 Å². The maximum absolute atomic E-state index is 12.4. The van der Waals surface area contributed by atoms with Crippen LogP contribution in [0, 0.1) is 0 Å². The maximum Gasteiger partial charge on any atom is 0.381 e. The Labute approximate surface area is 165 Å². The number of carbonyl (C=O) groups excluding carboxylic acids is 2. The average Bonchev–Trinajstić information content (AvgIpc) is 2.72. The van der Waals surface area contributed by atoms with Gasteiger partial charge in [-0.25, -0.2) is 9.59 Å². The van der Waals surface area contributed by atoms with Crippen LogP contribution in [0.15, 0.2) is 38.8 Å². The Morgan fingerprint density at radius 3 is 2.28 bits per heavy atom. The van der Waals surface area contributed by atoms with Crippen LogP contribution in [0.25, 0.3) is 0 Å². The van der Waals surface area contributed by atoms with E-state index in [1.807, 2.05) is 0 Å². The van der Waals surface area contributed by atoms with E-state index < -0.39 is 28.9 Å². The first-order valence-electron chi connectivity index (χ1n) is 8.76. The molecule has 0 aliphatic carbocycles. The van der Waals surface area contributed by atoms with Crippen molar-refractivity contribution in [2.75, 3.05) is 13.9 Å². The fourth-order valence-corrected chi connectivity index (χ4v) is 2.52. The molecule has 0 amide bonds. The molecule has 10 nitrogen and oxygen atoms in total. The van der Waals surface area contributed by atoms with Crippen molar-refractivity contribution >= 4 is 23.7 Å². The summed E-state index contributed by atoms with van der Waals surface area (Å²) in [6, 6.07) is 5.66. The van der Waals surface area contributed by atoms with Crippen LogP contribution in [0.4, 0.5) is 5.69 Å². The molecule has 1 aromatic heterocycles. The zero-order valence-corrected chi connectivity index (χ0v) is 16.2. The fourth-order valence-electron chi connectivity index (χ4n) is 2.52. The third-order valence-electron chi connectivity index (χ3n) is 4.03. The molecule has 2 aromatic rings. The molecule has 0 aliphatic heterocycles. The molecule has 1 aromatic carbocycles. The van der Waals surface area contributed by atoms with Crippen molar-refractivity contribution in [2.45, 2.75) is 26.9 Å². The van der Waals surface area contributed by atoms with E-state index in [1.165, 1.54) is 31.4 Å². The standard InChI is InChI=1S/C19H21N3O7/c1-4-21-16(24)14(17(25)22(5-2)19(21)27)10-20-13-8-6-12(7-9-13)15(23)18(26)29-11-28-3/h6-10,24H,4-5,11H2,1-3H3. The molecule has 0 aliphatic rings. The molecule has 10 heteroatoms. The summed E-state index contributed by atoms with van der Waals surface area (Å²) in [4.78, 5) is 52.2. The van der Waals surface area contributed by atoms with E-state index >= 15 is 0 Å². The Morgan fingerprint density at radius 2 is 1.72 bits per heavy atom. The Bertz CT molecular complexity index is 1050. The molecule has 0 saturated carbocycles. The summed E-state index contributed by atoms with van der Waals surface area (Å²) in [6.07, 6.45) is 1.15. The van der Waals surface area contributed by atoms with Crippen LogP contribution in [0.1, 0.15) is 29.8 Å². The number of hydrogen-bond acceptors (Lipinski definition) is 8. The van der Waals surface area contributed by atoms with Gasteiger partial charge in [0, 0.05) is 32.0 Å². The predicted molar refractivity (Wildman–Crippen MR) is 104 cm³/mol. The number of benzene rings is 1. The second-order valence-electron chi connectivity index (χ2n) is 5.79. The number of aromatic nitrogens is 2. The van der Waals surface area contributed by atoms with Gasteiger partial charge in [0.1, 0.15) is 5.56 Å². The van der Waals surface area contributed by atoms with Crippen LogP contribution in [-0.4, -0.2) is 46.1 Å². The van der Waals surface area contributed by atoms with E-state index in [9.17, 15) is 24.3 Å². The van der Waals surface area contributed by atoms with Crippen molar-refractivity contribution in [3.63, 3.8) is 0 Å². The highest BCUT2D eigenvalue weighted by Crippen LogP contribution is 2.15. The van der Waals surface area contributed by atoms with Gasteiger partial charge < -0.3 is 14.6 Å². The first-order chi connectivity index (χ1) is 13.8. The van der Waals surface area contributed by atoms with Crippen molar-refractivity contribution in [3.8, 4) is 5.88 Å². The summed E-state index contributed by atoms with van der Waals surface area (Å²) < 4.78 is 11.2. The number of ketones is 1. The number of hydrogen-bond donors (Lipinski definition) is 1. The quantitative estimate of drug-likeness (QED) is 0.227. The van der Waals surface area contributed by atoms with Gasteiger partial charge in [0.05, 0.1) is 5.69 Å². The number of methoxy groups -OCH3 is 1. The molecule has 29 heavy (non-hydrogen) atoms. The summed E-state index contributed by atoms with van der Waals surface area (Å²) >= 11 is 0. The van der Waals surface area contributed by atoms with Gasteiger partial charge in [-0.3, -0.25) is 23.7 Å². The Morgan fingerprint density at radius 1 is 1.10 bits per heavy atom. The fraction of sp³-hybridized carbons (Fsp3) is 0.316. The van der Waals surface area contributed by atoms with Crippen LogP contribution >= 0.6 is 0 Å². The van der Waals surface area contributed by atoms with E-state index in [2.05, 4.69) is 14.5 Å². The zero-order chi connectivity index (χ0) is 21.6. The third-order valence-corrected chi connectivity index (χ3v) is 4.03. The van der Waals surface area contributed by atoms with Crippen molar-refractivity contribution in [1.29, 1.82) is 0 Å². The maximum atomic E-state index is 12.4. The van der Waals surface area contributed by atoms with E-state index in [4.69, 9.17) is 0 Å². The lowest BCUT2D eigenvalue weighted by Crippen LogP contribution is -2.41. The van der Waals surface area contributed by atoms with E-state index in [0.717, 1.165) is 15.3 Å². The number of ether oxygens (including phenoxy) is 2. The summed E-state index contributed by atoms with van der Waals surface area (Å²) in [5.41, 5.74) is -0.922. The Balaban J connectivity index is 2.32. The minimum absolute atomic E-state index is 0.0979. The van der Waals surface area contributed by atoms with Gasteiger partial charge in [-0.15, -0.1) is 0 Å².